The first-order chi connectivity index (χ1) is 13.9. The number of halogens is 1. The SMILES string of the molecule is Cc1ncc(C(=O)N2CCCC3(C2)CN(c2ccc(F)cc2)C(=O)CO3)c(C)n1. The van der Waals surface area contributed by atoms with Gasteiger partial charge in [0, 0.05) is 18.4 Å². The summed E-state index contributed by atoms with van der Waals surface area (Å²) in [5, 5.41) is 0. The van der Waals surface area contributed by atoms with Gasteiger partial charge in [0.25, 0.3) is 11.8 Å². The highest BCUT2D eigenvalue weighted by atomic mass is 19.1. The van der Waals surface area contributed by atoms with Crippen LogP contribution in [-0.4, -0.2) is 58.5 Å². The van der Waals surface area contributed by atoms with Crippen molar-refractivity contribution < 1.29 is 18.7 Å². The van der Waals surface area contributed by atoms with Crippen molar-refractivity contribution in [3.05, 3.63) is 53.4 Å². The molecule has 1 aromatic heterocycles. The van der Waals surface area contributed by atoms with Gasteiger partial charge in [-0.05, 0) is 51.0 Å². The first-order valence-corrected chi connectivity index (χ1v) is 9.66. The lowest BCUT2D eigenvalue weighted by Crippen LogP contribution is -2.62. The van der Waals surface area contributed by atoms with Gasteiger partial charge in [-0.25, -0.2) is 14.4 Å². The number of hydrogen-bond acceptors (Lipinski definition) is 5. The van der Waals surface area contributed by atoms with Crippen LogP contribution in [0, 0.1) is 19.7 Å². The third-order valence-corrected chi connectivity index (χ3v) is 5.54. The highest BCUT2D eigenvalue weighted by Gasteiger charge is 2.44. The molecule has 0 saturated carbocycles. The molecule has 29 heavy (non-hydrogen) atoms. The second kappa shape index (κ2) is 7.51. The number of aromatic nitrogens is 2. The summed E-state index contributed by atoms with van der Waals surface area (Å²) < 4.78 is 19.2. The fraction of sp³-hybridized carbons (Fsp3) is 0.429. The smallest absolute Gasteiger partial charge is 0.257 e. The number of piperidine rings is 1. The first-order valence-electron chi connectivity index (χ1n) is 9.66. The van der Waals surface area contributed by atoms with E-state index in [2.05, 4.69) is 9.97 Å². The van der Waals surface area contributed by atoms with Gasteiger partial charge in [0.2, 0.25) is 0 Å². The van der Waals surface area contributed by atoms with Gasteiger partial charge in [-0.1, -0.05) is 0 Å². The van der Waals surface area contributed by atoms with Crippen LogP contribution in [0.1, 0.15) is 34.7 Å². The fourth-order valence-electron chi connectivity index (χ4n) is 4.05. The summed E-state index contributed by atoms with van der Waals surface area (Å²) >= 11 is 0. The Labute approximate surface area is 168 Å². The Hall–Kier alpha value is -2.87. The van der Waals surface area contributed by atoms with Crippen LogP contribution in [0.2, 0.25) is 0 Å². The molecule has 8 heteroatoms. The number of carbonyl (C=O) groups is 2. The molecule has 2 aliphatic heterocycles. The number of anilines is 1. The number of nitrogens with zero attached hydrogens (tertiary/aromatic N) is 4. The molecule has 1 aromatic carbocycles. The Morgan fingerprint density at radius 1 is 1.21 bits per heavy atom. The second-order valence-electron chi connectivity index (χ2n) is 7.67. The largest absolute Gasteiger partial charge is 0.361 e. The third kappa shape index (κ3) is 3.85. The van der Waals surface area contributed by atoms with Crippen LogP contribution in [0.4, 0.5) is 10.1 Å². The average molecular weight is 398 g/mol. The van der Waals surface area contributed by atoms with E-state index in [1.165, 1.54) is 12.1 Å². The zero-order valence-corrected chi connectivity index (χ0v) is 16.5. The van der Waals surface area contributed by atoms with E-state index < -0.39 is 5.60 Å². The van der Waals surface area contributed by atoms with Crippen molar-refractivity contribution in [1.82, 2.24) is 14.9 Å². The van der Waals surface area contributed by atoms with Crippen molar-refractivity contribution in [3.8, 4) is 0 Å². The number of likely N-dealkylation sites (tertiary alicyclic amines) is 1. The Bertz CT molecular complexity index is 949. The van der Waals surface area contributed by atoms with Crippen LogP contribution in [-0.2, 0) is 9.53 Å². The van der Waals surface area contributed by atoms with E-state index in [0.29, 0.717) is 42.4 Å². The van der Waals surface area contributed by atoms with E-state index in [0.717, 1.165) is 12.8 Å². The Balaban J connectivity index is 1.55. The number of morpholine rings is 1. The molecule has 7 nitrogen and oxygen atoms in total. The van der Waals surface area contributed by atoms with Crippen LogP contribution in [0.5, 0.6) is 0 Å². The van der Waals surface area contributed by atoms with Crippen molar-refractivity contribution in [2.75, 3.05) is 31.1 Å². The molecule has 2 saturated heterocycles. The van der Waals surface area contributed by atoms with Gasteiger partial charge in [0.05, 0.1) is 24.3 Å². The fourth-order valence-corrected chi connectivity index (χ4v) is 4.05. The Morgan fingerprint density at radius 2 is 1.97 bits per heavy atom. The lowest BCUT2D eigenvalue weighted by Gasteiger charge is -2.47. The quantitative estimate of drug-likeness (QED) is 0.776. The number of hydrogen-bond donors (Lipinski definition) is 0. The molecule has 0 N–H and O–H groups in total. The zero-order valence-electron chi connectivity index (χ0n) is 16.5. The third-order valence-electron chi connectivity index (χ3n) is 5.54. The molecule has 0 radical (unpaired) electrons. The Morgan fingerprint density at radius 3 is 2.69 bits per heavy atom. The van der Waals surface area contributed by atoms with Crippen LogP contribution < -0.4 is 4.90 Å². The molecule has 2 amide bonds. The minimum Gasteiger partial charge on any atom is -0.361 e. The Kier molecular flexibility index (Phi) is 5.04. The number of benzene rings is 1. The number of carbonyl (C=O) groups excluding carboxylic acids is 2. The number of aryl methyl sites for hydroxylation is 2. The maximum absolute atomic E-state index is 13.3. The molecule has 3 heterocycles. The molecule has 0 aliphatic carbocycles. The average Bonchev–Trinajstić information content (AvgIpc) is 2.70. The normalized spacial score (nSPS) is 22.2. The van der Waals surface area contributed by atoms with Crippen LogP contribution in [0.15, 0.2) is 30.5 Å². The molecule has 1 unspecified atom stereocenters. The lowest BCUT2D eigenvalue weighted by atomic mass is 9.90. The summed E-state index contributed by atoms with van der Waals surface area (Å²) in [7, 11) is 0. The van der Waals surface area contributed by atoms with E-state index in [-0.39, 0.29) is 24.2 Å². The maximum atomic E-state index is 13.3. The van der Waals surface area contributed by atoms with Gasteiger partial charge in [-0.3, -0.25) is 9.59 Å². The highest BCUT2D eigenvalue weighted by Crippen LogP contribution is 2.32. The van der Waals surface area contributed by atoms with E-state index in [9.17, 15) is 14.0 Å². The molecule has 1 spiro atoms. The lowest BCUT2D eigenvalue weighted by molar-refractivity contribution is -0.144. The number of ether oxygens (including phenoxy) is 1. The van der Waals surface area contributed by atoms with Gasteiger partial charge >= 0.3 is 0 Å². The number of rotatable bonds is 2. The van der Waals surface area contributed by atoms with Gasteiger partial charge < -0.3 is 14.5 Å². The molecule has 1 atom stereocenters. The minimum absolute atomic E-state index is 0.0634. The van der Waals surface area contributed by atoms with Gasteiger partial charge in [-0.15, -0.1) is 0 Å². The molecule has 4 rings (SSSR count). The molecular formula is C21H23FN4O3. The molecule has 2 fully saturated rings. The highest BCUT2D eigenvalue weighted by molar-refractivity contribution is 5.96. The summed E-state index contributed by atoms with van der Waals surface area (Å²) in [6.45, 7) is 4.84. The summed E-state index contributed by atoms with van der Waals surface area (Å²) in [5.41, 5.74) is 1.12. The minimum atomic E-state index is -0.643. The van der Waals surface area contributed by atoms with Crippen molar-refractivity contribution in [2.24, 2.45) is 0 Å². The van der Waals surface area contributed by atoms with Crippen LogP contribution in [0.25, 0.3) is 0 Å². The molecule has 2 aliphatic rings. The van der Waals surface area contributed by atoms with Crippen molar-refractivity contribution in [1.29, 1.82) is 0 Å². The predicted octanol–water partition coefficient (Wildman–Crippen LogP) is 2.27. The van der Waals surface area contributed by atoms with Gasteiger partial charge in [0.15, 0.2) is 0 Å². The maximum Gasteiger partial charge on any atom is 0.257 e. The van der Waals surface area contributed by atoms with Gasteiger partial charge in [0.1, 0.15) is 23.8 Å². The van der Waals surface area contributed by atoms with Crippen LogP contribution >= 0.6 is 0 Å². The van der Waals surface area contributed by atoms with E-state index in [1.54, 1.807) is 42.0 Å². The monoisotopic (exact) mass is 398 g/mol. The van der Waals surface area contributed by atoms with Crippen molar-refractivity contribution in [3.63, 3.8) is 0 Å². The molecular weight excluding hydrogens is 375 g/mol. The van der Waals surface area contributed by atoms with Crippen molar-refractivity contribution >= 4 is 17.5 Å². The molecule has 0 bridgehead atoms. The van der Waals surface area contributed by atoms with Crippen molar-refractivity contribution in [2.45, 2.75) is 32.3 Å². The zero-order chi connectivity index (χ0) is 20.6. The second-order valence-corrected chi connectivity index (χ2v) is 7.67. The van der Waals surface area contributed by atoms with E-state index in [1.807, 2.05) is 0 Å². The van der Waals surface area contributed by atoms with E-state index >= 15 is 0 Å². The predicted molar refractivity (Wildman–Crippen MR) is 104 cm³/mol. The first kappa shape index (κ1) is 19.4. The van der Waals surface area contributed by atoms with E-state index in [4.69, 9.17) is 4.74 Å². The topological polar surface area (TPSA) is 75.6 Å². The van der Waals surface area contributed by atoms with Gasteiger partial charge in [-0.2, -0.15) is 0 Å². The standard InChI is InChI=1S/C21H23FN4O3/c1-14-18(10-23-15(2)24-14)20(28)25-9-3-8-21(12-25)13-26(19(27)11-29-21)17-6-4-16(22)5-7-17/h4-7,10H,3,8-9,11-13H2,1-2H3. The molecule has 2 aromatic rings. The summed E-state index contributed by atoms with van der Waals surface area (Å²) in [4.78, 5) is 37.3. The number of amides is 2. The van der Waals surface area contributed by atoms with Crippen LogP contribution in [0.3, 0.4) is 0 Å². The summed E-state index contributed by atoms with van der Waals surface area (Å²) in [5.74, 6) is -0.0311. The summed E-state index contributed by atoms with van der Waals surface area (Å²) in [6, 6.07) is 5.85. The summed E-state index contributed by atoms with van der Waals surface area (Å²) in [6.07, 6.45) is 3.07. The molecule has 152 valence electrons.